The highest BCUT2D eigenvalue weighted by Gasteiger charge is 2.19. The van der Waals surface area contributed by atoms with Crippen LogP contribution in [0, 0.1) is 5.92 Å². The molecule has 0 amide bonds. The zero-order valence-corrected chi connectivity index (χ0v) is 39.5. The van der Waals surface area contributed by atoms with Crippen molar-refractivity contribution in [3.8, 4) is 0 Å². The second-order valence-electron chi connectivity index (χ2n) is 18.3. The maximum absolute atomic E-state index is 12.7. The quantitative estimate of drug-likeness (QED) is 0.0346. The van der Waals surface area contributed by atoms with Crippen LogP contribution in [0.15, 0.2) is 0 Å². The average molecular weight is 821 g/mol. The van der Waals surface area contributed by atoms with Crippen LogP contribution in [0.2, 0.25) is 0 Å². The van der Waals surface area contributed by atoms with E-state index in [0.717, 1.165) is 63.7 Å². The van der Waals surface area contributed by atoms with Crippen LogP contribution in [0.5, 0.6) is 0 Å². The summed E-state index contributed by atoms with van der Waals surface area (Å²) < 4.78 is 16.8. The summed E-state index contributed by atoms with van der Waals surface area (Å²) in [5.74, 6) is -0.0378. The molecule has 58 heavy (non-hydrogen) atoms. The molecule has 0 aliphatic rings. The van der Waals surface area contributed by atoms with Crippen LogP contribution >= 0.6 is 0 Å². The Morgan fingerprint density at radius 2 is 0.569 bits per heavy atom. The second-order valence-corrected chi connectivity index (χ2v) is 18.3. The lowest BCUT2D eigenvalue weighted by Gasteiger charge is -2.18. The van der Waals surface area contributed by atoms with E-state index in [2.05, 4.69) is 27.7 Å². The molecule has 0 aromatic rings. The Morgan fingerprint density at radius 3 is 0.845 bits per heavy atom. The van der Waals surface area contributed by atoms with Gasteiger partial charge in [0.2, 0.25) is 0 Å². The van der Waals surface area contributed by atoms with Crippen LogP contribution in [0.25, 0.3) is 0 Å². The SMILES string of the molecule is CCCCCCCCCCCCCCCCCCCC(=O)OC[C@H](COC(=O)CCCCCCCCCCCC(C)C)OC(=O)CCCCCCCCCCCCC. The van der Waals surface area contributed by atoms with Crippen molar-refractivity contribution in [2.24, 2.45) is 5.92 Å². The molecule has 0 bridgehead atoms. The summed E-state index contributed by atoms with van der Waals surface area (Å²) in [4.78, 5) is 37.9. The van der Waals surface area contributed by atoms with Crippen molar-refractivity contribution in [1.29, 1.82) is 0 Å². The third-order valence-corrected chi connectivity index (χ3v) is 11.8. The van der Waals surface area contributed by atoms with E-state index < -0.39 is 6.10 Å². The van der Waals surface area contributed by atoms with Gasteiger partial charge in [0.15, 0.2) is 6.10 Å². The van der Waals surface area contributed by atoms with Crippen molar-refractivity contribution in [3.05, 3.63) is 0 Å². The fourth-order valence-corrected chi connectivity index (χ4v) is 7.86. The normalized spacial score (nSPS) is 11.9. The van der Waals surface area contributed by atoms with Gasteiger partial charge in [0.1, 0.15) is 13.2 Å². The van der Waals surface area contributed by atoms with Gasteiger partial charge in [-0.1, -0.05) is 252 Å². The molecule has 0 N–H and O–H groups in total. The van der Waals surface area contributed by atoms with Gasteiger partial charge >= 0.3 is 17.9 Å². The second kappa shape index (κ2) is 46.5. The number of rotatable bonds is 47. The number of carbonyl (C=O) groups excluding carboxylic acids is 3. The number of esters is 3. The maximum Gasteiger partial charge on any atom is 0.306 e. The van der Waals surface area contributed by atoms with Crippen LogP contribution in [0.1, 0.15) is 291 Å². The van der Waals surface area contributed by atoms with Crippen LogP contribution in [-0.2, 0) is 28.6 Å². The fraction of sp³-hybridized carbons (Fsp3) is 0.942. The zero-order valence-electron chi connectivity index (χ0n) is 39.5. The minimum atomic E-state index is -0.760. The molecule has 0 radical (unpaired) electrons. The molecular weight excluding hydrogens is 721 g/mol. The number of carbonyl (C=O) groups is 3. The van der Waals surface area contributed by atoms with Crippen molar-refractivity contribution in [2.75, 3.05) is 13.2 Å². The molecule has 0 heterocycles. The summed E-state index contributed by atoms with van der Waals surface area (Å²) in [5, 5.41) is 0. The average Bonchev–Trinajstić information content (AvgIpc) is 3.21. The third-order valence-electron chi connectivity index (χ3n) is 11.8. The van der Waals surface area contributed by atoms with Gasteiger partial charge in [0.05, 0.1) is 0 Å². The Morgan fingerprint density at radius 1 is 0.328 bits per heavy atom. The first-order valence-electron chi connectivity index (χ1n) is 25.9. The summed E-state index contributed by atoms with van der Waals surface area (Å²) in [7, 11) is 0. The minimum Gasteiger partial charge on any atom is -0.462 e. The van der Waals surface area contributed by atoms with Crippen LogP contribution in [0.4, 0.5) is 0 Å². The number of ether oxygens (including phenoxy) is 3. The Bertz CT molecular complexity index is 872. The monoisotopic (exact) mass is 821 g/mol. The predicted octanol–water partition coefficient (Wildman–Crippen LogP) is 16.7. The van der Waals surface area contributed by atoms with Gasteiger partial charge in [0.25, 0.3) is 0 Å². The first-order chi connectivity index (χ1) is 28.4. The molecule has 344 valence electrons. The van der Waals surface area contributed by atoms with E-state index in [-0.39, 0.29) is 31.1 Å². The molecule has 6 heteroatoms. The molecule has 0 aliphatic carbocycles. The van der Waals surface area contributed by atoms with E-state index in [9.17, 15) is 14.4 Å². The zero-order chi connectivity index (χ0) is 42.4. The van der Waals surface area contributed by atoms with Gasteiger partial charge in [-0.25, -0.2) is 0 Å². The third kappa shape index (κ3) is 45.5. The highest BCUT2D eigenvalue weighted by Crippen LogP contribution is 2.17. The maximum atomic E-state index is 12.7. The number of hydrogen-bond acceptors (Lipinski definition) is 6. The van der Waals surface area contributed by atoms with E-state index >= 15 is 0 Å². The Labute approximate surface area is 361 Å². The van der Waals surface area contributed by atoms with Gasteiger partial charge in [0, 0.05) is 19.3 Å². The Hall–Kier alpha value is -1.59. The van der Waals surface area contributed by atoms with Crippen molar-refractivity contribution >= 4 is 17.9 Å². The molecule has 0 fully saturated rings. The van der Waals surface area contributed by atoms with Crippen molar-refractivity contribution in [3.63, 3.8) is 0 Å². The van der Waals surface area contributed by atoms with E-state index in [1.165, 1.54) is 186 Å². The first-order valence-corrected chi connectivity index (χ1v) is 25.9. The highest BCUT2D eigenvalue weighted by atomic mass is 16.6. The van der Waals surface area contributed by atoms with Crippen LogP contribution < -0.4 is 0 Å². The molecule has 0 saturated carbocycles. The topological polar surface area (TPSA) is 78.9 Å². The predicted molar refractivity (Wildman–Crippen MR) is 247 cm³/mol. The summed E-state index contributed by atoms with van der Waals surface area (Å²) in [5.41, 5.74) is 0. The lowest BCUT2D eigenvalue weighted by Crippen LogP contribution is -2.30. The van der Waals surface area contributed by atoms with Gasteiger partial charge < -0.3 is 14.2 Å². The number of unbranched alkanes of at least 4 members (excludes halogenated alkanes) is 34. The highest BCUT2D eigenvalue weighted by molar-refractivity contribution is 5.71. The molecule has 6 nitrogen and oxygen atoms in total. The lowest BCUT2D eigenvalue weighted by molar-refractivity contribution is -0.167. The van der Waals surface area contributed by atoms with Gasteiger partial charge in [-0.05, 0) is 25.2 Å². The van der Waals surface area contributed by atoms with E-state index in [1.807, 2.05) is 0 Å². The molecule has 1 atom stereocenters. The van der Waals surface area contributed by atoms with Crippen molar-refractivity contribution < 1.29 is 28.6 Å². The van der Waals surface area contributed by atoms with Crippen LogP contribution in [0.3, 0.4) is 0 Å². The Balaban J connectivity index is 4.26. The molecule has 0 aliphatic heterocycles. The van der Waals surface area contributed by atoms with Gasteiger partial charge in [-0.2, -0.15) is 0 Å². The molecule has 0 aromatic carbocycles. The van der Waals surface area contributed by atoms with Gasteiger partial charge in [-0.3, -0.25) is 14.4 Å². The molecule has 0 unspecified atom stereocenters. The largest absolute Gasteiger partial charge is 0.462 e. The van der Waals surface area contributed by atoms with Crippen LogP contribution in [-0.4, -0.2) is 37.2 Å². The standard InChI is InChI=1S/C52H100O6/c1-5-7-9-11-13-15-17-18-19-20-21-22-24-27-31-35-39-43-50(53)56-46-49(58-52(55)45-41-37-33-28-23-16-14-12-10-8-6-2)47-57-51(54)44-40-36-32-29-25-26-30-34-38-42-48(3)4/h48-49H,5-47H2,1-4H3/t49-/m1/s1. The molecule has 0 aromatic heterocycles. The minimum absolute atomic E-state index is 0.0630. The molecule has 0 rings (SSSR count). The summed E-state index contributed by atoms with van der Waals surface area (Å²) in [6.45, 7) is 9.00. The molecule has 0 spiro atoms. The van der Waals surface area contributed by atoms with Gasteiger partial charge in [-0.15, -0.1) is 0 Å². The summed E-state index contributed by atoms with van der Waals surface area (Å²) >= 11 is 0. The lowest BCUT2D eigenvalue weighted by atomic mass is 10.0. The summed E-state index contributed by atoms with van der Waals surface area (Å²) in [6, 6.07) is 0. The van der Waals surface area contributed by atoms with Crippen molar-refractivity contribution in [2.45, 2.75) is 297 Å². The van der Waals surface area contributed by atoms with E-state index in [1.54, 1.807) is 0 Å². The smallest absolute Gasteiger partial charge is 0.306 e. The fourth-order valence-electron chi connectivity index (χ4n) is 7.86. The Kier molecular flexibility index (Phi) is 45.2. The number of hydrogen-bond donors (Lipinski definition) is 0. The first kappa shape index (κ1) is 56.4. The summed E-state index contributed by atoms with van der Waals surface area (Å²) in [6.07, 6.45) is 48.0. The van der Waals surface area contributed by atoms with Crippen molar-refractivity contribution in [1.82, 2.24) is 0 Å². The van der Waals surface area contributed by atoms with E-state index in [4.69, 9.17) is 14.2 Å². The molecule has 0 saturated heterocycles. The van der Waals surface area contributed by atoms with E-state index in [0.29, 0.717) is 19.3 Å². The molecular formula is C52H100O6.